The lowest BCUT2D eigenvalue weighted by atomic mass is 9.94. The van der Waals surface area contributed by atoms with Crippen LogP contribution < -0.4 is 16.2 Å². The molecule has 27 heavy (non-hydrogen) atoms. The maximum absolute atomic E-state index is 12.0. The van der Waals surface area contributed by atoms with E-state index in [4.69, 9.17) is 16.2 Å². The van der Waals surface area contributed by atoms with Crippen molar-refractivity contribution < 1.29 is 14.3 Å². The zero-order valence-electron chi connectivity index (χ0n) is 14.9. The standard InChI is InChI=1S/C22H20N2O3/c1-27-19-10-2-14(3-11-19)12-18-9-8-17(13-20(18)22(24)26)15-4-6-16(7-5-15)21(23)25/h2-11,13H,12H2,1H3,(H2,23,25)(H2,24,26). The normalized spacial score (nSPS) is 10.4. The minimum atomic E-state index is -0.478. The zero-order valence-corrected chi connectivity index (χ0v) is 14.9. The van der Waals surface area contributed by atoms with Gasteiger partial charge < -0.3 is 16.2 Å². The Balaban J connectivity index is 1.92. The maximum atomic E-state index is 12.0. The Morgan fingerprint density at radius 1 is 0.815 bits per heavy atom. The number of nitrogens with two attached hydrogens (primary N) is 2. The number of primary amides is 2. The predicted molar refractivity (Wildman–Crippen MR) is 105 cm³/mol. The van der Waals surface area contributed by atoms with Gasteiger partial charge in [0.15, 0.2) is 0 Å². The van der Waals surface area contributed by atoms with Gasteiger partial charge in [-0.25, -0.2) is 0 Å². The first-order chi connectivity index (χ1) is 13.0. The second-order valence-electron chi connectivity index (χ2n) is 6.20. The van der Waals surface area contributed by atoms with Crippen LogP contribution in [0.5, 0.6) is 5.75 Å². The molecule has 0 aliphatic heterocycles. The summed E-state index contributed by atoms with van der Waals surface area (Å²) in [6, 6.07) is 20.2. The largest absolute Gasteiger partial charge is 0.497 e. The van der Waals surface area contributed by atoms with E-state index in [2.05, 4.69) is 0 Å². The smallest absolute Gasteiger partial charge is 0.249 e. The first kappa shape index (κ1) is 18.2. The highest BCUT2D eigenvalue weighted by Crippen LogP contribution is 2.25. The second kappa shape index (κ2) is 7.74. The van der Waals surface area contributed by atoms with Crippen LogP contribution in [0.15, 0.2) is 66.7 Å². The highest BCUT2D eigenvalue weighted by atomic mass is 16.5. The molecule has 5 nitrogen and oxygen atoms in total. The summed E-state index contributed by atoms with van der Waals surface area (Å²) in [6.45, 7) is 0. The second-order valence-corrected chi connectivity index (χ2v) is 6.20. The average Bonchev–Trinajstić information content (AvgIpc) is 2.69. The summed E-state index contributed by atoms with van der Waals surface area (Å²) in [5.74, 6) is -0.174. The van der Waals surface area contributed by atoms with Crippen molar-refractivity contribution in [3.05, 3.63) is 89.0 Å². The fraction of sp³-hybridized carbons (Fsp3) is 0.0909. The first-order valence-corrected chi connectivity index (χ1v) is 8.44. The molecule has 0 aliphatic rings. The van der Waals surface area contributed by atoms with Crippen molar-refractivity contribution in [1.82, 2.24) is 0 Å². The molecule has 0 fully saturated rings. The third-order valence-electron chi connectivity index (χ3n) is 4.43. The van der Waals surface area contributed by atoms with E-state index in [1.54, 1.807) is 37.4 Å². The number of hydrogen-bond donors (Lipinski definition) is 2. The summed E-state index contributed by atoms with van der Waals surface area (Å²) in [7, 11) is 1.62. The number of benzene rings is 3. The zero-order chi connectivity index (χ0) is 19.4. The topological polar surface area (TPSA) is 95.4 Å². The molecule has 5 heteroatoms. The van der Waals surface area contributed by atoms with Crippen molar-refractivity contribution in [2.75, 3.05) is 7.11 Å². The molecule has 0 atom stereocenters. The molecule has 3 aromatic carbocycles. The molecule has 0 bridgehead atoms. The lowest BCUT2D eigenvalue weighted by Gasteiger charge is -2.11. The van der Waals surface area contributed by atoms with Gasteiger partial charge in [-0.05, 0) is 59.0 Å². The number of ether oxygens (including phenoxy) is 1. The average molecular weight is 360 g/mol. The van der Waals surface area contributed by atoms with Crippen molar-refractivity contribution in [3.63, 3.8) is 0 Å². The minimum Gasteiger partial charge on any atom is -0.497 e. The Morgan fingerprint density at radius 2 is 1.44 bits per heavy atom. The third kappa shape index (κ3) is 4.15. The Bertz CT molecular complexity index is 977. The minimum absolute atomic E-state index is 0.435. The van der Waals surface area contributed by atoms with E-state index in [9.17, 15) is 9.59 Å². The summed E-state index contributed by atoms with van der Waals surface area (Å²) >= 11 is 0. The molecule has 3 rings (SSSR count). The molecule has 4 N–H and O–H groups in total. The van der Waals surface area contributed by atoms with Crippen molar-refractivity contribution in [2.45, 2.75) is 6.42 Å². The lowest BCUT2D eigenvalue weighted by molar-refractivity contribution is 0.0991. The Labute approximate surface area is 157 Å². The van der Waals surface area contributed by atoms with E-state index in [1.165, 1.54) is 0 Å². The summed E-state index contributed by atoms with van der Waals surface area (Å²) in [5, 5.41) is 0. The van der Waals surface area contributed by atoms with E-state index in [0.717, 1.165) is 28.0 Å². The fourth-order valence-electron chi connectivity index (χ4n) is 2.93. The van der Waals surface area contributed by atoms with Crippen molar-refractivity contribution in [1.29, 1.82) is 0 Å². The highest BCUT2D eigenvalue weighted by molar-refractivity contribution is 5.96. The van der Waals surface area contributed by atoms with E-state index < -0.39 is 11.8 Å². The Hall–Kier alpha value is -3.60. The maximum Gasteiger partial charge on any atom is 0.249 e. The molecule has 0 spiro atoms. The lowest BCUT2D eigenvalue weighted by Crippen LogP contribution is -2.14. The SMILES string of the molecule is COc1ccc(Cc2ccc(-c3ccc(C(N)=O)cc3)cc2C(N)=O)cc1. The highest BCUT2D eigenvalue weighted by Gasteiger charge is 2.11. The van der Waals surface area contributed by atoms with Gasteiger partial charge in [-0.2, -0.15) is 0 Å². The van der Waals surface area contributed by atoms with Crippen LogP contribution in [0.3, 0.4) is 0 Å². The molecule has 0 unspecified atom stereocenters. The molecule has 0 heterocycles. The summed E-state index contributed by atoms with van der Waals surface area (Å²) < 4.78 is 5.17. The van der Waals surface area contributed by atoms with Crippen LogP contribution in [-0.2, 0) is 6.42 Å². The number of hydrogen-bond acceptors (Lipinski definition) is 3. The molecular formula is C22H20N2O3. The van der Waals surface area contributed by atoms with Gasteiger partial charge in [0.05, 0.1) is 7.11 Å². The van der Waals surface area contributed by atoms with Gasteiger partial charge in [0.25, 0.3) is 0 Å². The molecule has 2 amide bonds. The Kier molecular flexibility index (Phi) is 5.22. The summed E-state index contributed by atoms with van der Waals surface area (Å²) in [6.07, 6.45) is 0.586. The monoisotopic (exact) mass is 360 g/mol. The fourth-order valence-corrected chi connectivity index (χ4v) is 2.93. The van der Waals surface area contributed by atoms with Gasteiger partial charge in [0.1, 0.15) is 5.75 Å². The summed E-state index contributed by atoms with van der Waals surface area (Å²) in [5.41, 5.74) is 15.4. The number of carbonyl (C=O) groups excluding carboxylic acids is 2. The van der Waals surface area contributed by atoms with Crippen molar-refractivity contribution >= 4 is 11.8 Å². The van der Waals surface area contributed by atoms with Gasteiger partial charge in [0, 0.05) is 11.1 Å². The molecule has 0 aliphatic carbocycles. The molecule has 0 radical (unpaired) electrons. The summed E-state index contributed by atoms with van der Waals surface area (Å²) in [4.78, 5) is 23.2. The van der Waals surface area contributed by atoms with Crippen LogP contribution >= 0.6 is 0 Å². The van der Waals surface area contributed by atoms with Crippen molar-refractivity contribution in [2.24, 2.45) is 11.5 Å². The molecule has 136 valence electrons. The van der Waals surface area contributed by atoms with E-state index in [-0.39, 0.29) is 0 Å². The quantitative estimate of drug-likeness (QED) is 0.707. The van der Waals surface area contributed by atoms with Crippen LogP contribution in [0, 0.1) is 0 Å². The molecule has 3 aromatic rings. The first-order valence-electron chi connectivity index (χ1n) is 8.44. The van der Waals surface area contributed by atoms with Gasteiger partial charge >= 0.3 is 0 Å². The van der Waals surface area contributed by atoms with Gasteiger partial charge in [-0.3, -0.25) is 9.59 Å². The van der Waals surface area contributed by atoms with Crippen LogP contribution in [0.25, 0.3) is 11.1 Å². The molecular weight excluding hydrogens is 340 g/mol. The van der Waals surface area contributed by atoms with Crippen LogP contribution in [0.4, 0.5) is 0 Å². The van der Waals surface area contributed by atoms with Crippen LogP contribution in [0.2, 0.25) is 0 Å². The van der Waals surface area contributed by atoms with Gasteiger partial charge in [0.2, 0.25) is 11.8 Å². The molecule has 0 saturated carbocycles. The van der Waals surface area contributed by atoms with Crippen LogP contribution in [-0.4, -0.2) is 18.9 Å². The predicted octanol–water partition coefficient (Wildman–Crippen LogP) is 3.15. The number of amides is 2. The van der Waals surface area contributed by atoms with E-state index in [1.807, 2.05) is 36.4 Å². The molecule has 0 saturated heterocycles. The van der Waals surface area contributed by atoms with Gasteiger partial charge in [-0.1, -0.05) is 36.4 Å². The third-order valence-corrected chi connectivity index (χ3v) is 4.43. The number of carbonyl (C=O) groups is 2. The van der Waals surface area contributed by atoms with Crippen LogP contribution in [0.1, 0.15) is 31.8 Å². The van der Waals surface area contributed by atoms with E-state index >= 15 is 0 Å². The number of rotatable bonds is 6. The Morgan fingerprint density at radius 3 is 2.00 bits per heavy atom. The van der Waals surface area contributed by atoms with Crippen molar-refractivity contribution in [3.8, 4) is 16.9 Å². The van der Waals surface area contributed by atoms with Gasteiger partial charge in [-0.15, -0.1) is 0 Å². The van der Waals surface area contributed by atoms with E-state index in [0.29, 0.717) is 17.5 Å². The molecule has 0 aromatic heterocycles. The number of methoxy groups -OCH3 is 1.